The van der Waals surface area contributed by atoms with Gasteiger partial charge in [0.15, 0.2) is 0 Å². The predicted molar refractivity (Wildman–Crippen MR) is 30.3 cm³/mol. The second kappa shape index (κ2) is 3.03. The Kier molecular flexibility index (Phi) is 3.52. The quantitative estimate of drug-likeness (QED) is 0.473. The van der Waals surface area contributed by atoms with Gasteiger partial charge in [-0.3, -0.25) is 0 Å². The first kappa shape index (κ1) is 5.82. The number of aliphatic hydroxyl groups is 1. The van der Waals surface area contributed by atoms with E-state index >= 15 is 0 Å². The molecule has 0 saturated heterocycles. The SMILES string of the molecule is O[C@H](P)CP. The van der Waals surface area contributed by atoms with Gasteiger partial charge in [0, 0.05) is 0 Å². The van der Waals surface area contributed by atoms with E-state index in [2.05, 4.69) is 18.5 Å². The van der Waals surface area contributed by atoms with Crippen LogP contribution in [0, 0.1) is 0 Å². The summed E-state index contributed by atoms with van der Waals surface area (Å²) in [6.45, 7) is 0. The maximum absolute atomic E-state index is 8.30. The number of hydrogen-bond acceptors (Lipinski definition) is 1. The summed E-state index contributed by atoms with van der Waals surface area (Å²) in [7, 11) is 4.69. The summed E-state index contributed by atoms with van der Waals surface area (Å²) in [6, 6.07) is 0. The fourth-order valence-electron chi connectivity index (χ4n) is 0. The molecule has 5 heavy (non-hydrogen) atoms. The Bertz CT molecular complexity index is 21.6. The summed E-state index contributed by atoms with van der Waals surface area (Å²) >= 11 is 0. The number of rotatable bonds is 1. The molecule has 1 nitrogen and oxygen atoms in total. The summed E-state index contributed by atoms with van der Waals surface area (Å²) < 4.78 is 0. The number of hydrogen-bond donors (Lipinski definition) is 1. The van der Waals surface area contributed by atoms with Crippen molar-refractivity contribution >= 4 is 18.5 Å². The number of aliphatic hydroxyl groups excluding tert-OH is 1. The first-order chi connectivity index (χ1) is 2.27. The molecule has 0 aliphatic carbocycles. The first-order valence-corrected chi connectivity index (χ1v) is 2.89. The first-order valence-electron chi connectivity index (χ1n) is 1.41. The third-order valence-corrected chi connectivity index (χ3v) is 1.54. The van der Waals surface area contributed by atoms with Crippen LogP contribution in [0.25, 0.3) is 0 Å². The normalized spacial score (nSPS) is 15.0. The molecular formula is C2H8OP2. The highest BCUT2D eigenvalue weighted by molar-refractivity contribution is 7.22. The van der Waals surface area contributed by atoms with Gasteiger partial charge >= 0.3 is 0 Å². The lowest BCUT2D eigenvalue weighted by atomic mass is 10.9. The van der Waals surface area contributed by atoms with Crippen LogP contribution in [0.1, 0.15) is 0 Å². The van der Waals surface area contributed by atoms with Gasteiger partial charge < -0.3 is 5.11 Å². The Balaban J connectivity index is 2.54. The van der Waals surface area contributed by atoms with Crippen LogP contribution in [-0.2, 0) is 0 Å². The van der Waals surface area contributed by atoms with Crippen molar-refractivity contribution in [2.75, 3.05) is 6.16 Å². The zero-order valence-corrected chi connectivity index (χ0v) is 5.20. The van der Waals surface area contributed by atoms with E-state index in [1.807, 2.05) is 0 Å². The monoisotopic (exact) mass is 110 g/mol. The summed E-state index contributed by atoms with van der Waals surface area (Å²) in [4.78, 5) is 0. The summed E-state index contributed by atoms with van der Waals surface area (Å²) in [5, 5.41) is 8.30. The molecule has 0 aromatic rings. The van der Waals surface area contributed by atoms with Crippen molar-refractivity contribution in [2.45, 2.75) is 5.85 Å². The van der Waals surface area contributed by atoms with Gasteiger partial charge in [-0.1, -0.05) is 0 Å². The smallest absolute Gasteiger partial charge is 0.0708 e. The van der Waals surface area contributed by atoms with Crippen molar-refractivity contribution in [3.05, 3.63) is 0 Å². The highest BCUT2D eigenvalue weighted by Gasteiger charge is 1.81. The molecule has 0 heterocycles. The van der Waals surface area contributed by atoms with Gasteiger partial charge in [0.2, 0.25) is 0 Å². The van der Waals surface area contributed by atoms with E-state index in [1.165, 1.54) is 0 Å². The Morgan fingerprint density at radius 1 is 1.80 bits per heavy atom. The van der Waals surface area contributed by atoms with Crippen molar-refractivity contribution in [1.82, 2.24) is 0 Å². The largest absolute Gasteiger partial charge is 0.389 e. The summed E-state index contributed by atoms with van der Waals surface area (Å²) in [5.74, 6) is -0.236. The van der Waals surface area contributed by atoms with E-state index in [0.29, 0.717) is 0 Å². The zero-order valence-electron chi connectivity index (χ0n) is 2.89. The molecule has 0 fully saturated rings. The molecule has 1 N–H and O–H groups in total. The van der Waals surface area contributed by atoms with E-state index in [4.69, 9.17) is 5.11 Å². The van der Waals surface area contributed by atoms with Crippen molar-refractivity contribution < 1.29 is 5.11 Å². The molecule has 0 aromatic carbocycles. The molecule has 0 rings (SSSR count). The van der Waals surface area contributed by atoms with E-state index in [9.17, 15) is 0 Å². The zero-order chi connectivity index (χ0) is 4.28. The molecule has 0 aliphatic rings. The molecule has 0 radical (unpaired) electrons. The lowest BCUT2D eigenvalue weighted by Crippen LogP contribution is -1.92. The Morgan fingerprint density at radius 2 is 2.00 bits per heavy atom. The van der Waals surface area contributed by atoms with Crippen LogP contribution < -0.4 is 0 Å². The van der Waals surface area contributed by atoms with E-state index in [1.54, 1.807) is 0 Å². The van der Waals surface area contributed by atoms with Gasteiger partial charge in [-0.25, -0.2) is 0 Å². The van der Waals surface area contributed by atoms with E-state index < -0.39 is 0 Å². The minimum absolute atomic E-state index is 0.236. The second-order valence-corrected chi connectivity index (χ2v) is 2.04. The molecule has 2 unspecified atom stereocenters. The molecule has 0 spiro atoms. The lowest BCUT2D eigenvalue weighted by molar-refractivity contribution is 0.287. The molecule has 0 amide bonds. The Labute approximate surface area is 36.6 Å². The summed E-state index contributed by atoms with van der Waals surface area (Å²) in [6.07, 6.45) is 0.741. The molecule has 0 aliphatic heterocycles. The van der Waals surface area contributed by atoms with E-state index in [-0.39, 0.29) is 5.85 Å². The van der Waals surface area contributed by atoms with Crippen molar-refractivity contribution in [2.24, 2.45) is 0 Å². The molecular weight excluding hydrogens is 102 g/mol. The topological polar surface area (TPSA) is 20.2 Å². The highest BCUT2D eigenvalue weighted by atomic mass is 31.0. The van der Waals surface area contributed by atoms with Crippen LogP contribution in [0.15, 0.2) is 0 Å². The minimum atomic E-state index is -0.236. The van der Waals surface area contributed by atoms with Crippen molar-refractivity contribution in [3.63, 3.8) is 0 Å². The van der Waals surface area contributed by atoms with Gasteiger partial charge in [0.25, 0.3) is 0 Å². The third-order valence-electron chi connectivity index (χ3n) is 0.241. The Hall–Kier alpha value is 0.820. The lowest BCUT2D eigenvalue weighted by Gasteiger charge is -1.90. The maximum atomic E-state index is 8.30. The van der Waals surface area contributed by atoms with Gasteiger partial charge in [-0.05, 0) is 6.16 Å². The predicted octanol–water partition coefficient (Wildman–Crippen LogP) is 0.0550. The van der Waals surface area contributed by atoms with Crippen molar-refractivity contribution in [1.29, 1.82) is 0 Å². The average molecular weight is 110 g/mol. The fraction of sp³-hybridized carbons (Fsp3) is 1.00. The van der Waals surface area contributed by atoms with Crippen molar-refractivity contribution in [3.8, 4) is 0 Å². The Morgan fingerprint density at radius 3 is 2.00 bits per heavy atom. The van der Waals surface area contributed by atoms with Crippen LogP contribution >= 0.6 is 18.5 Å². The van der Waals surface area contributed by atoms with Gasteiger partial charge in [0.05, 0.1) is 5.85 Å². The molecule has 3 atom stereocenters. The van der Waals surface area contributed by atoms with Crippen LogP contribution in [0.3, 0.4) is 0 Å². The molecule has 3 heteroatoms. The van der Waals surface area contributed by atoms with Crippen LogP contribution in [0.4, 0.5) is 0 Å². The molecule has 0 bridgehead atoms. The fourth-order valence-corrected chi connectivity index (χ4v) is 0. The minimum Gasteiger partial charge on any atom is -0.389 e. The van der Waals surface area contributed by atoms with Crippen LogP contribution in [0.2, 0.25) is 0 Å². The van der Waals surface area contributed by atoms with Gasteiger partial charge in [-0.2, -0.15) is 0 Å². The van der Waals surface area contributed by atoms with Crippen LogP contribution in [0.5, 0.6) is 0 Å². The molecule has 32 valence electrons. The maximum Gasteiger partial charge on any atom is 0.0708 e. The second-order valence-electron chi connectivity index (χ2n) is 0.803. The van der Waals surface area contributed by atoms with Gasteiger partial charge in [0.1, 0.15) is 0 Å². The average Bonchev–Trinajstić information content (AvgIpc) is 1.38. The standard InChI is InChI=1S/C2H8OP2/c3-2(5)1-4/h2-3H,1,4-5H2/t2-/m1/s1. The van der Waals surface area contributed by atoms with Crippen LogP contribution in [-0.4, -0.2) is 17.1 Å². The molecule has 0 aromatic heterocycles. The van der Waals surface area contributed by atoms with E-state index in [0.717, 1.165) is 6.16 Å². The molecule has 0 saturated carbocycles. The third kappa shape index (κ3) is 4.82. The summed E-state index contributed by atoms with van der Waals surface area (Å²) in [5.41, 5.74) is 0. The highest BCUT2D eigenvalue weighted by Crippen LogP contribution is 1.96. The van der Waals surface area contributed by atoms with Gasteiger partial charge in [-0.15, -0.1) is 18.5 Å².